The Hall–Kier alpha value is -2.91. The number of nitrogens with one attached hydrogen (secondary N) is 1. The van der Waals surface area contributed by atoms with Crippen molar-refractivity contribution in [3.8, 4) is 11.4 Å². The number of nitrogens with zero attached hydrogens (tertiary/aromatic N) is 5. The summed E-state index contributed by atoms with van der Waals surface area (Å²) < 4.78 is 91.7. The van der Waals surface area contributed by atoms with Gasteiger partial charge in [-0.3, -0.25) is 0 Å². The number of aliphatic hydroxyl groups is 1. The van der Waals surface area contributed by atoms with Crippen LogP contribution < -0.4 is 5.32 Å². The zero-order valence-electron chi connectivity index (χ0n) is 16.0. The van der Waals surface area contributed by atoms with Crippen molar-refractivity contribution in [1.82, 2.24) is 23.9 Å². The van der Waals surface area contributed by atoms with Gasteiger partial charge in [-0.2, -0.15) is 13.1 Å². The third kappa shape index (κ3) is 3.98. The van der Waals surface area contributed by atoms with E-state index in [1.54, 1.807) is 0 Å². The molecule has 1 aliphatic rings. The van der Waals surface area contributed by atoms with E-state index in [1.807, 2.05) is 0 Å². The number of halogens is 5. The third-order valence-electron chi connectivity index (χ3n) is 4.96. The van der Waals surface area contributed by atoms with Gasteiger partial charge < -0.3 is 10.4 Å². The molecule has 1 aliphatic heterocycles. The lowest BCUT2D eigenvalue weighted by molar-refractivity contribution is 0.0904. The second-order valence-corrected chi connectivity index (χ2v) is 8.91. The van der Waals surface area contributed by atoms with Gasteiger partial charge >= 0.3 is 5.76 Å². The van der Waals surface area contributed by atoms with Crippen LogP contribution in [0, 0.1) is 17.5 Å². The quantitative estimate of drug-likeness (QED) is 0.536. The van der Waals surface area contributed by atoms with E-state index in [2.05, 4.69) is 20.4 Å². The average molecular weight is 478 g/mol. The molecule has 32 heavy (non-hydrogen) atoms. The Kier molecular flexibility index (Phi) is 5.72. The number of aromatic nitrogens is 4. The molecule has 4 heterocycles. The number of anilines is 1. The van der Waals surface area contributed by atoms with Crippen LogP contribution >= 0.6 is 0 Å². The number of hydrogen-bond acceptors (Lipinski definition) is 7. The summed E-state index contributed by atoms with van der Waals surface area (Å²) in [6, 6.07) is 0.720. The highest BCUT2D eigenvalue weighted by Gasteiger charge is 2.38. The first-order valence-electron chi connectivity index (χ1n) is 9.15. The lowest BCUT2D eigenvalue weighted by Crippen LogP contribution is -2.52. The van der Waals surface area contributed by atoms with Crippen molar-refractivity contribution in [3.05, 3.63) is 42.0 Å². The molecule has 172 valence electrons. The monoisotopic (exact) mass is 478 g/mol. The topological polar surface area (TPSA) is 113 Å². The van der Waals surface area contributed by atoms with Crippen molar-refractivity contribution in [2.24, 2.45) is 0 Å². The van der Waals surface area contributed by atoms with Crippen molar-refractivity contribution in [3.63, 3.8) is 0 Å². The van der Waals surface area contributed by atoms with E-state index in [0.29, 0.717) is 10.4 Å². The Balaban J connectivity index is 1.60. The van der Waals surface area contributed by atoms with Crippen LogP contribution in [0.5, 0.6) is 0 Å². The molecule has 15 heteroatoms. The van der Waals surface area contributed by atoms with Crippen LogP contribution in [0.4, 0.5) is 27.9 Å². The van der Waals surface area contributed by atoms with Crippen molar-refractivity contribution in [2.75, 3.05) is 18.4 Å². The van der Waals surface area contributed by atoms with E-state index in [4.69, 9.17) is 0 Å². The normalized spacial score (nSPS) is 20.2. The number of fused-ring (bicyclic) bond motifs is 1. The van der Waals surface area contributed by atoms with Crippen LogP contribution in [0.1, 0.15) is 6.42 Å². The molecule has 1 saturated heterocycles. The minimum atomic E-state index is -4.83. The summed E-state index contributed by atoms with van der Waals surface area (Å²) in [4.78, 5) is 7.55. The van der Waals surface area contributed by atoms with Gasteiger partial charge in [0.1, 0.15) is 17.0 Å². The first-order chi connectivity index (χ1) is 15.1. The lowest BCUT2D eigenvalue weighted by Gasteiger charge is -2.35. The first-order valence-corrected chi connectivity index (χ1v) is 10.7. The molecular formula is C17H15F5N6O3S. The first kappa shape index (κ1) is 22.3. The largest absolute Gasteiger partial charge is 0.390 e. The van der Waals surface area contributed by atoms with E-state index in [9.17, 15) is 35.5 Å². The fraction of sp³-hybridized carbons (Fsp3) is 0.353. The minimum Gasteiger partial charge on any atom is -0.390 e. The standard InChI is InChI=1S/C17H15F5N6O3S/c18-8-3-10(20)15(23-5-8)12-4-9(19)13-6-24-17(26-28(12)13)25-11-1-2-27(7-14(11)29)32(30,31)16(21)22/h3-6,11,14,16,29H,1-2,7H2,(H,25,26)/t11-,14-/m1/s1. The smallest absolute Gasteiger partial charge is 0.350 e. The molecule has 0 saturated carbocycles. The summed E-state index contributed by atoms with van der Waals surface area (Å²) in [7, 11) is -4.83. The molecule has 0 radical (unpaired) electrons. The number of piperidine rings is 1. The fourth-order valence-corrected chi connectivity index (χ4v) is 4.32. The Morgan fingerprint density at radius 1 is 1.12 bits per heavy atom. The lowest BCUT2D eigenvalue weighted by atomic mass is 10.0. The molecule has 2 N–H and O–H groups in total. The summed E-state index contributed by atoms with van der Waals surface area (Å²) in [6.07, 6.45) is 0.426. The van der Waals surface area contributed by atoms with Gasteiger partial charge in [-0.05, 0) is 6.42 Å². The summed E-state index contributed by atoms with van der Waals surface area (Å²) in [5.41, 5.74) is -0.617. The Bertz CT molecular complexity index is 1270. The van der Waals surface area contributed by atoms with E-state index in [-0.39, 0.29) is 35.8 Å². The van der Waals surface area contributed by atoms with Crippen LogP contribution in [0.3, 0.4) is 0 Å². The average Bonchev–Trinajstić information content (AvgIpc) is 3.05. The van der Waals surface area contributed by atoms with E-state index >= 15 is 0 Å². The zero-order valence-corrected chi connectivity index (χ0v) is 16.8. The van der Waals surface area contributed by atoms with Gasteiger partial charge in [-0.1, -0.05) is 0 Å². The molecule has 1 fully saturated rings. The van der Waals surface area contributed by atoms with Gasteiger partial charge in [0.15, 0.2) is 11.6 Å². The van der Waals surface area contributed by atoms with Gasteiger partial charge in [0.05, 0.1) is 30.2 Å². The van der Waals surface area contributed by atoms with E-state index < -0.39 is 51.9 Å². The second-order valence-electron chi connectivity index (χ2n) is 7.01. The highest BCUT2D eigenvalue weighted by atomic mass is 32.2. The van der Waals surface area contributed by atoms with Gasteiger partial charge in [0, 0.05) is 25.2 Å². The zero-order chi connectivity index (χ0) is 23.2. The molecule has 0 amide bonds. The van der Waals surface area contributed by atoms with Gasteiger partial charge in [-0.15, -0.1) is 5.10 Å². The molecule has 0 aromatic carbocycles. The van der Waals surface area contributed by atoms with Gasteiger partial charge in [0.2, 0.25) is 5.95 Å². The number of aliphatic hydroxyl groups excluding tert-OH is 1. The maximum atomic E-state index is 14.3. The van der Waals surface area contributed by atoms with Crippen molar-refractivity contribution >= 4 is 21.5 Å². The van der Waals surface area contributed by atoms with Crippen LogP contribution in [-0.4, -0.2) is 68.4 Å². The highest BCUT2D eigenvalue weighted by molar-refractivity contribution is 7.89. The maximum absolute atomic E-state index is 14.3. The van der Waals surface area contributed by atoms with Gasteiger partial charge in [-0.25, -0.2) is 36.1 Å². The highest BCUT2D eigenvalue weighted by Crippen LogP contribution is 2.26. The Labute approximate surface area is 177 Å². The number of alkyl halides is 2. The van der Waals surface area contributed by atoms with Crippen LogP contribution in [0.25, 0.3) is 16.9 Å². The van der Waals surface area contributed by atoms with E-state index in [1.165, 1.54) is 0 Å². The maximum Gasteiger partial charge on any atom is 0.350 e. The fourth-order valence-electron chi connectivity index (χ4n) is 3.37. The van der Waals surface area contributed by atoms with E-state index in [0.717, 1.165) is 23.0 Å². The molecule has 4 rings (SSSR count). The molecule has 0 unspecified atom stereocenters. The summed E-state index contributed by atoms with van der Waals surface area (Å²) >= 11 is 0. The number of rotatable bonds is 5. The molecule has 0 bridgehead atoms. The number of sulfonamides is 1. The van der Waals surface area contributed by atoms with Gasteiger partial charge in [0.25, 0.3) is 10.0 Å². The predicted octanol–water partition coefficient (Wildman–Crippen LogP) is 1.61. The van der Waals surface area contributed by atoms with Crippen LogP contribution in [-0.2, 0) is 10.0 Å². The Morgan fingerprint density at radius 3 is 2.53 bits per heavy atom. The van der Waals surface area contributed by atoms with Crippen molar-refractivity contribution in [1.29, 1.82) is 0 Å². The predicted molar refractivity (Wildman–Crippen MR) is 101 cm³/mol. The van der Waals surface area contributed by atoms with Crippen LogP contribution in [0.15, 0.2) is 24.5 Å². The summed E-state index contributed by atoms with van der Waals surface area (Å²) in [6.45, 7) is -0.849. The number of pyridine rings is 1. The van der Waals surface area contributed by atoms with Crippen molar-refractivity contribution < 1.29 is 35.5 Å². The molecule has 2 atom stereocenters. The Morgan fingerprint density at radius 2 is 1.88 bits per heavy atom. The van der Waals surface area contributed by atoms with Crippen LogP contribution in [0.2, 0.25) is 0 Å². The number of hydrogen-bond donors (Lipinski definition) is 2. The molecule has 0 aliphatic carbocycles. The summed E-state index contributed by atoms with van der Waals surface area (Å²) in [5, 5.41) is 17.0. The van der Waals surface area contributed by atoms with Crippen molar-refractivity contribution in [2.45, 2.75) is 24.3 Å². The molecule has 9 nitrogen and oxygen atoms in total. The second kappa shape index (κ2) is 8.22. The summed E-state index contributed by atoms with van der Waals surface area (Å²) in [5.74, 6) is -6.49. The SMILES string of the molecule is O=S(=O)(C(F)F)N1CC[C@@H](Nc2ncc3c(F)cc(-c4ncc(F)cc4F)n3n2)[C@H](O)C1. The molecule has 3 aromatic rings. The minimum absolute atomic E-state index is 0.0461. The number of β-amino-alcohol motifs (C(OH)–C–C–N with tert-alkyl or cyclic N) is 1. The molecule has 0 spiro atoms. The molecular weight excluding hydrogens is 463 g/mol. The molecule has 3 aromatic heterocycles. The third-order valence-corrected chi connectivity index (χ3v) is 6.46.